The van der Waals surface area contributed by atoms with Gasteiger partial charge in [-0.1, -0.05) is 11.6 Å². The fourth-order valence-corrected chi connectivity index (χ4v) is 2.81. The van der Waals surface area contributed by atoms with Crippen molar-refractivity contribution in [2.75, 3.05) is 7.11 Å². The van der Waals surface area contributed by atoms with Gasteiger partial charge in [0.1, 0.15) is 5.75 Å². The maximum atomic E-state index is 12.0. The van der Waals surface area contributed by atoms with Crippen molar-refractivity contribution in [3.63, 3.8) is 0 Å². The molecular formula is C11H12ClN3O3S. The van der Waals surface area contributed by atoms with Gasteiger partial charge in [-0.15, -0.1) is 0 Å². The number of benzene rings is 1. The van der Waals surface area contributed by atoms with Gasteiger partial charge >= 0.3 is 0 Å². The van der Waals surface area contributed by atoms with Gasteiger partial charge < -0.3 is 4.74 Å². The van der Waals surface area contributed by atoms with E-state index in [9.17, 15) is 8.42 Å². The summed E-state index contributed by atoms with van der Waals surface area (Å²) in [5.74, 6) is 0.425. The average molecular weight is 302 g/mol. The molecular weight excluding hydrogens is 290 g/mol. The van der Waals surface area contributed by atoms with Crippen LogP contribution in [-0.4, -0.2) is 25.7 Å². The maximum absolute atomic E-state index is 12.0. The highest BCUT2D eigenvalue weighted by molar-refractivity contribution is 7.89. The van der Waals surface area contributed by atoms with Crippen molar-refractivity contribution in [3.05, 3.63) is 41.2 Å². The summed E-state index contributed by atoms with van der Waals surface area (Å²) in [5.41, 5.74) is 0.670. The molecule has 2 N–H and O–H groups in total. The summed E-state index contributed by atoms with van der Waals surface area (Å²) >= 11 is 5.90. The predicted molar refractivity (Wildman–Crippen MR) is 70.6 cm³/mol. The lowest BCUT2D eigenvalue weighted by atomic mass is 10.3. The number of nitrogens with zero attached hydrogens (tertiary/aromatic N) is 1. The predicted octanol–water partition coefficient (Wildman–Crippen LogP) is 1.55. The van der Waals surface area contributed by atoms with Gasteiger partial charge in [0.15, 0.2) is 0 Å². The second kappa shape index (κ2) is 5.60. The van der Waals surface area contributed by atoms with Gasteiger partial charge in [0.25, 0.3) is 0 Å². The molecule has 0 spiro atoms. The fourth-order valence-electron chi connectivity index (χ4n) is 1.45. The zero-order valence-corrected chi connectivity index (χ0v) is 11.6. The average Bonchev–Trinajstić information content (AvgIpc) is 2.89. The summed E-state index contributed by atoms with van der Waals surface area (Å²) in [6, 6.07) is 5.96. The zero-order valence-electron chi connectivity index (χ0n) is 10.1. The van der Waals surface area contributed by atoms with Crippen LogP contribution in [0, 0.1) is 0 Å². The van der Waals surface area contributed by atoms with Gasteiger partial charge in [-0.05, 0) is 24.3 Å². The van der Waals surface area contributed by atoms with Crippen LogP contribution in [0.1, 0.15) is 5.69 Å². The van der Waals surface area contributed by atoms with Gasteiger partial charge in [0.05, 0.1) is 29.3 Å². The van der Waals surface area contributed by atoms with E-state index in [1.165, 1.54) is 25.3 Å². The van der Waals surface area contributed by atoms with E-state index in [1.54, 1.807) is 12.3 Å². The van der Waals surface area contributed by atoms with E-state index >= 15 is 0 Å². The number of aromatic nitrogens is 2. The molecule has 0 aliphatic heterocycles. The lowest BCUT2D eigenvalue weighted by Gasteiger charge is -2.08. The minimum absolute atomic E-state index is 0.0813. The highest BCUT2D eigenvalue weighted by Gasteiger charge is 2.15. The van der Waals surface area contributed by atoms with Crippen molar-refractivity contribution in [2.45, 2.75) is 11.4 Å². The largest absolute Gasteiger partial charge is 0.495 e. The Hall–Kier alpha value is -1.57. The van der Waals surface area contributed by atoms with Gasteiger partial charge in [-0.3, -0.25) is 5.10 Å². The van der Waals surface area contributed by atoms with E-state index in [4.69, 9.17) is 16.3 Å². The molecule has 0 aliphatic rings. The number of nitrogens with one attached hydrogen (secondary N) is 2. The smallest absolute Gasteiger partial charge is 0.240 e. The van der Waals surface area contributed by atoms with Crippen molar-refractivity contribution < 1.29 is 13.2 Å². The van der Waals surface area contributed by atoms with Gasteiger partial charge in [-0.2, -0.15) is 5.10 Å². The third-order valence-electron chi connectivity index (χ3n) is 2.44. The number of rotatable bonds is 5. The minimum Gasteiger partial charge on any atom is -0.495 e. The van der Waals surface area contributed by atoms with E-state index in [1.807, 2.05) is 0 Å². The van der Waals surface area contributed by atoms with Gasteiger partial charge in [0, 0.05) is 6.20 Å². The summed E-state index contributed by atoms with van der Waals surface area (Å²) in [6.45, 7) is 0.131. The molecule has 0 fully saturated rings. The van der Waals surface area contributed by atoms with Crippen molar-refractivity contribution in [2.24, 2.45) is 0 Å². The highest BCUT2D eigenvalue weighted by atomic mass is 35.5. The third kappa shape index (κ3) is 3.25. The SMILES string of the molecule is COc1ccc(S(=O)(=O)NCc2ccn[nH]2)cc1Cl. The van der Waals surface area contributed by atoms with Crippen LogP contribution in [0.5, 0.6) is 5.75 Å². The highest BCUT2D eigenvalue weighted by Crippen LogP contribution is 2.26. The van der Waals surface area contributed by atoms with E-state index in [2.05, 4.69) is 14.9 Å². The molecule has 0 aliphatic carbocycles. The number of H-pyrrole nitrogens is 1. The van der Waals surface area contributed by atoms with Crippen LogP contribution < -0.4 is 9.46 Å². The molecule has 0 bridgehead atoms. The molecule has 1 aromatic heterocycles. The molecule has 2 aromatic rings. The Morgan fingerprint density at radius 2 is 2.21 bits per heavy atom. The first-order chi connectivity index (χ1) is 9.03. The third-order valence-corrected chi connectivity index (χ3v) is 4.14. The van der Waals surface area contributed by atoms with Crippen LogP contribution in [0.15, 0.2) is 35.4 Å². The van der Waals surface area contributed by atoms with Crippen molar-refractivity contribution in [1.29, 1.82) is 0 Å². The van der Waals surface area contributed by atoms with Crippen LogP contribution in [0.4, 0.5) is 0 Å². The molecule has 1 heterocycles. The fraction of sp³-hybridized carbons (Fsp3) is 0.182. The molecule has 0 unspecified atom stereocenters. The Bertz CT molecular complexity index is 656. The van der Waals surface area contributed by atoms with Crippen LogP contribution in [0.2, 0.25) is 5.02 Å². The van der Waals surface area contributed by atoms with Crippen LogP contribution in [0.3, 0.4) is 0 Å². The molecule has 1 aromatic carbocycles. The van der Waals surface area contributed by atoms with Gasteiger partial charge in [-0.25, -0.2) is 13.1 Å². The lowest BCUT2D eigenvalue weighted by Crippen LogP contribution is -2.23. The Morgan fingerprint density at radius 1 is 1.42 bits per heavy atom. The van der Waals surface area contributed by atoms with E-state index in [0.29, 0.717) is 11.4 Å². The number of hydrogen-bond donors (Lipinski definition) is 2. The Kier molecular flexibility index (Phi) is 4.08. The molecule has 8 heteroatoms. The first-order valence-electron chi connectivity index (χ1n) is 5.34. The number of aromatic amines is 1. The van der Waals surface area contributed by atoms with Gasteiger partial charge in [0.2, 0.25) is 10.0 Å². The Morgan fingerprint density at radius 3 is 2.79 bits per heavy atom. The molecule has 0 saturated heterocycles. The molecule has 0 saturated carbocycles. The summed E-state index contributed by atoms with van der Waals surface area (Å²) in [7, 11) is -2.16. The van der Waals surface area contributed by atoms with Crippen molar-refractivity contribution >= 4 is 21.6 Å². The minimum atomic E-state index is -3.62. The molecule has 0 radical (unpaired) electrons. The monoisotopic (exact) mass is 301 g/mol. The van der Waals surface area contributed by atoms with E-state index < -0.39 is 10.0 Å². The summed E-state index contributed by atoms with van der Waals surface area (Å²) in [4.78, 5) is 0.0813. The first-order valence-corrected chi connectivity index (χ1v) is 7.20. The summed E-state index contributed by atoms with van der Waals surface area (Å²) in [6.07, 6.45) is 1.55. The number of sulfonamides is 1. The quantitative estimate of drug-likeness (QED) is 0.877. The standard InChI is InChI=1S/C11H12ClN3O3S/c1-18-11-3-2-9(6-10(11)12)19(16,17)14-7-8-4-5-13-15-8/h2-6,14H,7H2,1H3,(H,13,15). The van der Waals surface area contributed by atoms with Crippen LogP contribution >= 0.6 is 11.6 Å². The van der Waals surface area contributed by atoms with Crippen LogP contribution in [0.25, 0.3) is 0 Å². The van der Waals surface area contributed by atoms with E-state index in [0.717, 1.165) is 0 Å². The number of halogens is 1. The maximum Gasteiger partial charge on any atom is 0.240 e. The Labute approximate surface area is 115 Å². The number of hydrogen-bond acceptors (Lipinski definition) is 4. The first kappa shape index (κ1) is 13.9. The second-order valence-electron chi connectivity index (χ2n) is 3.70. The van der Waals surface area contributed by atoms with E-state index in [-0.39, 0.29) is 16.5 Å². The molecule has 19 heavy (non-hydrogen) atoms. The normalized spacial score (nSPS) is 11.5. The van der Waals surface area contributed by atoms with Crippen molar-refractivity contribution in [3.8, 4) is 5.75 Å². The lowest BCUT2D eigenvalue weighted by molar-refractivity contribution is 0.414. The second-order valence-corrected chi connectivity index (χ2v) is 5.88. The summed E-state index contributed by atoms with van der Waals surface area (Å²) in [5, 5.41) is 6.65. The number of ether oxygens (including phenoxy) is 1. The Balaban J connectivity index is 2.17. The molecule has 102 valence electrons. The number of methoxy groups -OCH3 is 1. The molecule has 0 amide bonds. The molecule has 2 rings (SSSR count). The zero-order chi connectivity index (χ0) is 13.9. The topological polar surface area (TPSA) is 84.1 Å². The van der Waals surface area contributed by atoms with Crippen LogP contribution in [-0.2, 0) is 16.6 Å². The van der Waals surface area contributed by atoms with Crippen molar-refractivity contribution in [1.82, 2.24) is 14.9 Å². The molecule has 6 nitrogen and oxygen atoms in total. The summed E-state index contributed by atoms with van der Waals surface area (Å²) < 4.78 is 31.5. The molecule has 0 atom stereocenters.